The molecule has 0 radical (unpaired) electrons. The van der Waals surface area contributed by atoms with E-state index in [4.69, 9.17) is 20.8 Å². The summed E-state index contributed by atoms with van der Waals surface area (Å²) in [6.07, 6.45) is 1.37. The average molecular weight is 528 g/mol. The summed E-state index contributed by atoms with van der Waals surface area (Å²) in [7, 11) is 0. The minimum atomic E-state index is -0.641. The zero-order chi connectivity index (χ0) is 25.8. The number of non-ortho nitro benzene ring substituents is 1. The van der Waals surface area contributed by atoms with Crippen molar-refractivity contribution in [3.8, 4) is 17.1 Å². The maximum atomic E-state index is 12.8. The van der Waals surface area contributed by atoms with Crippen LogP contribution in [0, 0.1) is 10.1 Å². The molecule has 0 bridgehead atoms. The summed E-state index contributed by atoms with van der Waals surface area (Å²) < 4.78 is 11.0. The maximum Gasteiger partial charge on any atom is 0.294 e. The fourth-order valence-corrected chi connectivity index (χ4v) is 4.33. The normalized spacial score (nSPS) is 14.4. The lowest BCUT2D eigenvalue weighted by atomic mass is 10.1. The molecule has 0 aliphatic carbocycles. The maximum absolute atomic E-state index is 12.8. The number of carbonyl (C=O) groups is 3. The molecule has 1 fully saturated rings. The van der Waals surface area contributed by atoms with Crippen LogP contribution in [0.3, 0.4) is 0 Å². The van der Waals surface area contributed by atoms with Gasteiger partial charge in [-0.3, -0.25) is 29.4 Å². The molecule has 1 saturated heterocycles. The van der Waals surface area contributed by atoms with Gasteiger partial charge < -0.3 is 14.5 Å². The van der Waals surface area contributed by atoms with Gasteiger partial charge in [-0.05, 0) is 61.2 Å². The summed E-state index contributed by atoms with van der Waals surface area (Å²) in [5.74, 6) is -0.0391. The van der Waals surface area contributed by atoms with Crippen LogP contribution in [-0.2, 0) is 9.59 Å². The van der Waals surface area contributed by atoms with Gasteiger partial charge in [0.15, 0.2) is 0 Å². The van der Waals surface area contributed by atoms with Crippen molar-refractivity contribution < 1.29 is 28.5 Å². The van der Waals surface area contributed by atoms with Gasteiger partial charge in [-0.15, -0.1) is 0 Å². The number of nitrogens with zero attached hydrogens (tertiary/aromatic N) is 2. The van der Waals surface area contributed by atoms with Crippen LogP contribution >= 0.6 is 23.4 Å². The Kier molecular flexibility index (Phi) is 7.41. The smallest absolute Gasteiger partial charge is 0.294 e. The zero-order valence-corrected chi connectivity index (χ0v) is 20.3. The molecule has 0 spiro atoms. The number of thioether (sulfide) groups is 1. The van der Waals surface area contributed by atoms with Gasteiger partial charge in [-0.25, -0.2) is 0 Å². The first-order valence-corrected chi connectivity index (χ1v) is 11.8. The third-order valence-electron chi connectivity index (χ3n) is 4.95. The van der Waals surface area contributed by atoms with Crippen molar-refractivity contribution in [2.45, 2.75) is 6.92 Å². The number of benzene rings is 2. The van der Waals surface area contributed by atoms with Crippen molar-refractivity contribution in [2.24, 2.45) is 0 Å². The van der Waals surface area contributed by atoms with E-state index >= 15 is 0 Å². The Balaban J connectivity index is 1.44. The van der Waals surface area contributed by atoms with Crippen molar-refractivity contribution in [2.75, 3.05) is 18.5 Å². The second-order valence-corrected chi connectivity index (χ2v) is 8.80. The van der Waals surface area contributed by atoms with E-state index in [1.54, 1.807) is 30.3 Å². The van der Waals surface area contributed by atoms with Gasteiger partial charge in [0.25, 0.3) is 16.8 Å². The average Bonchev–Trinajstić information content (AvgIpc) is 3.41. The van der Waals surface area contributed by atoms with Crippen molar-refractivity contribution in [1.82, 2.24) is 4.90 Å². The predicted molar refractivity (Wildman–Crippen MR) is 135 cm³/mol. The summed E-state index contributed by atoms with van der Waals surface area (Å²) in [4.78, 5) is 49.0. The highest BCUT2D eigenvalue weighted by Crippen LogP contribution is 2.35. The van der Waals surface area contributed by atoms with Gasteiger partial charge in [0.05, 0.1) is 21.5 Å². The summed E-state index contributed by atoms with van der Waals surface area (Å²) in [5.41, 5.74) is 0.649. The first-order chi connectivity index (χ1) is 17.2. The van der Waals surface area contributed by atoms with E-state index < -0.39 is 28.5 Å². The van der Waals surface area contributed by atoms with Gasteiger partial charge in [0.1, 0.15) is 23.8 Å². The van der Waals surface area contributed by atoms with E-state index in [2.05, 4.69) is 5.32 Å². The molecule has 3 amide bonds. The van der Waals surface area contributed by atoms with Crippen molar-refractivity contribution in [3.63, 3.8) is 0 Å². The number of rotatable bonds is 8. The van der Waals surface area contributed by atoms with Gasteiger partial charge >= 0.3 is 0 Å². The molecule has 4 rings (SSSR count). The second kappa shape index (κ2) is 10.7. The summed E-state index contributed by atoms with van der Waals surface area (Å²) in [6, 6.07) is 13.7. The Labute approximate surface area is 214 Å². The molecule has 1 N–H and O–H groups in total. The number of nitro benzene ring substituents is 1. The number of carbonyl (C=O) groups excluding carboxylic acids is 3. The van der Waals surface area contributed by atoms with Crippen molar-refractivity contribution in [1.29, 1.82) is 0 Å². The van der Waals surface area contributed by atoms with Gasteiger partial charge in [0.2, 0.25) is 5.91 Å². The van der Waals surface area contributed by atoms with Crippen LogP contribution in [0.5, 0.6) is 5.75 Å². The lowest BCUT2D eigenvalue weighted by Gasteiger charge is -2.12. The molecule has 0 saturated carbocycles. The molecule has 184 valence electrons. The molecule has 0 unspecified atom stereocenters. The number of hydrogen-bond acceptors (Lipinski definition) is 8. The number of nitro groups is 1. The number of halogens is 1. The molecule has 0 atom stereocenters. The molecule has 36 heavy (non-hydrogen) atoms. The quantitative estimate of drug-likeness (QED) is 0.228. The minimum Gasteiger partial charge on any atom is -0.494 e. The third kappa shape index (κ3) is 5.58. The zero-order valence-electron chi connectivity index (χ0n) is 18.7. The van der Waals surface area contributed by atoms with Crippen LogP contribution in [0.4, 0.5) is 16.2 Å². The fraction of sp³-hybridized carbons (Fsp3) is 0.125. The predicted octanol–water partition coefficient (Wildman–Crippen LogP) is 5.58. The second-order valence-electron chi connectivity index (χ2n) is 7.40. The van der Waals surface area contributed by atoms with E-state index in [1.165, 1.54) is 30.3 Å². The molecule has 1 aromatic heterocycles. The molecule has 12 heteroatoms. The first-order valence-electron chi connectivity index (χ1n) is 10.6. The first kappa shape index (κ1) is 25.0. The van der Waals surface area contributed by atoms with Crippen LogP contribution in [-0.4, -0.2) is 40.0 Å². The van der Waals surface area contributed by atoms with Crippen LogP contribution in [0.25, 0.3) is 17.4 Å². The number of amides is 3. The van der Waals surface area contributed by atoms with E-state index in [-0.39, 0.29) is 27.1 Å². The summed E-state index contributed by atoms with van der Waals surface area (Å²) >= 11 is 6.83. The van der Waals surface area contributed by atoms with Gasteiger partial charge in [0, 0.05) is 29.5 Å². The molecule has 1 aliphatic rings. The molecule has 2 heterocycles. The van der Waals surface area contributed by atoms with Crippen molar-refractivity contribution in [3.05, 3.63) is 80.4 Å². The topological polar surface area (TPSA) is 132 Å². The lowest BCUT2D eigenvalue weighted by molar-refractivity contribution is -0.384. The highest BCUT2D eigenvalue weighted by molar-refractivity contribution is 8.18. The largest absolute Gasteiger partial charge is 0.494 e. The highest BCUT2D eigenvalue weighted by atomic mass is 35.5. The van der Waals surface area contributed by atoms with Crippen molar-refractivity contribution >= 4 is 57.9 Å². The number of hydrogen-bond donors (Lipinski definition) is 1. The van der Waals surface area contributed by atoms with Gasteiger partial charge in [-0.2, -0.15) is 0 Å². The molecule has 10 nitrogen and oxygen atoms in total. The lowest BCUT2D eigenvalue weighted by Crippen LogP contribution is -2.36. The molecular formula is C24H18ClN3O7S. The number of furan rings is 1. The number of anilines is 1. The SMILES string of the molecule is CCOc1ccc(NC(=O)CN2C(=O)S/C(=C/c3ccc(-c4cc([N+](=O)[O-])ccc4Cl)o3)C2=O)cc1. The van der Waals surface area contributed by atoms with Gasteiger partial charge in [-0.1, -0.05) is 11.6 Å². The number of ether oxygens (including phenoxy) is 1. The number of imide groups is 1. The van der Waals surface area contributed by atoms with Crippen LogP contribution in [0.2, 0.25) is 5.02 Å². The van der Waals surface area contributed by atoms with Crippen LogP contribution in [0.1, 0.15) is 12.7 Å². The summed E-state index contributed by atoms with van der Waals surface area (Å²) in [6.45, 7) is 1.92. The Morgan fingerprint density at radius 1 is 1.19 bits per heavy atom. The van der Waals surface area contributed by atoms with Crippen LogP contribution < -0.4 is 10.1 Å². The Morgan fingerprint density at radius 2 is 1.94 bits per heavy atom. The number of nitrogens with one attached hydrogen (secondary N) is 1. The van der Waals surface area contributed by atoms with E-state index in [9.17, 15) is 24.5 Å². The Morgan fingerprint density at radius 3 is 2.64 bits per heavy atom. The van der Waals surface area contributed by atoms with E-state index in [0.717, 1.165) is 4.90 Å². The molecular weight excluding hydrogens is 510 g/mol. The molecule has 2 aromatic carbocycles. The third-order valence-corrected chi connectivity index (χ3v) is 6.19. The van der Waals surface area contributed by atoms with Crippen LogP contribution in [0.15, 0.2) is 63.9 Å². The minimum absolute atomic E-state index is 0.0694. The Hall–Kier alpha value is -4.09. The highest BCUT2D eigenvalue weighted by Gasteiger charge is 2.36. The summed E-state index contributed by atoms with van der Waals surface area (Å²) in [5, 5.41) is 13.3. The fourth-order valence-electron chi connectivity index (χ4n) is 3.30. The molecule has 3 aromatic rings. The van der Waals surface area contributed by atoms with E-state index in [0.29, 0.717) is 35.4 Å². The Bertz CT molecular complexity index is 1380. The van der Waals surface area contributed by atoms with E-state index in [1.807, 2.05) is 6.92 Å². The molecule has 1 aliphatic heterocycles. The standard InChI is InChI=1S/C24H18ClN3O7S/c1-2-34-16-6-3-14(4-7-16)26-22(29)13-27-23(30)21(36-24(27)31)12-17-8-10-20(35-17)18-11-15(28(32)33)5-9-19(18)25/h3-12H,2,13H2,1H3,(H,26,29)/b21-12+. The monoisotopic (exact) mass is 527 g/mol.